The Morgan fingerprint density at radius 2 is 1.75 bits per heavy atom. The van der Waals surface area contributed by atoms with Gasteiger partial charge in [-0.1, -0.05) is 57.2 Å². The highest BCUT2D eigenvalue weighted by Crippen LogP contribution is 2.20. The highest BCUT2D eigenvalue weighted by Gasteiger charge is 2.08. The Hall–Kier alpha value is -0.715. The molecule has 64 valence electrons. The maximum absolute atomic E-state index is 2.30. The van der Waals surface area contributed by atoms with E-state index in [1.54, 1.807) is 0 Å². The minimum absolute atomic E-state index is 0.700. The quantitative estimate of drug-likeness (QED) is 0.593. The second kappa shape index (κ2) is 4.35. The van der Waals surface area contributed by atoms with Gasteiger partial charge in [0.05, 0.1) is 0 Å². The lowest BCUT2D eigenvalue weighted by Gasteiger charge is -2.12. The Labute approximate surface area is 76.1 Å². The van der Waals surface area contributed by atoms with Gasteiger partial charge in [-0.05, 0) is 11.5 Å². The van der Waals surface area contributed by atoms with Crippen LogP contribution in [0.5, 0.6) is 0 Å². The van der Waals surface area contributed by atoms with E-state index in [4.69, 9.17) is 0 Å². The number of hydrogen-bond acceptors (Lipinski definition) is 0. The van der Waals surface area contributed by atoms with Gasteiger partial charge in [-0.25, -0.2) is 0 Å². The van der Waals surface area contributed by atoms with Crippen LogP contribution in [-0.4, -0.2) is 6.71 Å². The summed E-state index contributed by atoms with van der Waals surface area (Å²) in [5.41, 5.74) is 1.46. The Morgan fingerprint density at radius 1 is 1.17 bits per heavy atom. The van der Waals surface area contributed by atoms with Gasteiger partial charge in [-0.3, -0.25) is 0 Å². The molecule has 1 aromatic carbocycles. The molecule has 0 aliphatic heterocycles. The fourth-order valence-corrected chi connectivity index (χ4v) is 1.62. The summed E-state index contributed by atoms with van der Waals surface area (Å²) >= 11 is 0. The summed E-state index contributed by atoms with van der Waals surface area (Å²) in [6.07, 6.45) is 1.28. The van der Waals surface area contributed by atoms with Crippen LogP contribution in [0.1, 0.15) is 18.4 Å². The Kier molecular flexibility index (Phi) is 3.39. The van der Waals surface area contributed by atoms with Crippen molar-refractivity contribution in [3.05, 3.63) is 35.9 Å². The molecule has 1 atom stereocenters. The normalized spacial score (nSPS) is 12.6. The molecule has 1 unspecified atom stereocenters. The van der Waals surface area contributed by atoms with E-state index in [2.05, 4.69) is 50.9 Å². The van der Waals surface area contributed by atoms with Gasteiger partial charge in [-0.2, -0.15) is 0 Å². The highest BCUT2D eigenvalue weighted by molar-refractivity contribution is 6.55. The third kappa shape index (κ3) is 2.73. The van der Waals surface area contributed by atoms with Gasteiger partial charge < -0.3 is 0 Å². The molecule has 0 saturated carbocycles. The molecule has 0 fully saturated rings. The molecule has 0 spiro atoms. The van der Waals surface area contributed by atoms with E-state index in [9.17, 15) is 0 Å². The maximum Gasteiger partial charge on any atom is 0.134 e. The van der Waals surface area contributed by atoms with Gasteiger partial charge in [0.15, 0.2) is 0 Å². The molecule has 0 saturated heterocycles. The monoisotopic (exact) mass is 160 g/mol. The van der Waals surface area contributed by atoms with Crippen molar-refractivity contribution in [3.8, 4) is 0 Å². The zero-order valence-corrected chi connectivity index (χ0v) is 8.25. The van der Waals surface area contributed by atoms with Gasteiger partial charge in [-0.15, -0.1) is 0 Å². The average Bonchev–Trinajstić information content (AvgIpc) is 2.05. The lowest BCUT2D eigenvalue weighted by Crippen LogP contribution is -2.05. The van der Waals surface area contributed by atoms with Crippen molar-refractivity contribution in [1.82, 2.24) is 0 Å². The molecule has 0 aliphatic carbocycles. The van der Waals surface area contributed by atoms with Crippen molar-refractivity contribution in [2.75, 3.05) is 0 Å². The first-order valence-electron chi connectivity index (χ1n) is 4.75. The van der Waals surface area contributed by atoms with E-state index in [1.807, 2.05) is 0 Å². The maximum atomic E-state index is 2.30. The average molecular weight is 160 g/mol. The Balaban J connectivity index is 2.59. The van der Waals surface area contributed by atoms with Gasteiger partial charge in [0, 0.05) is 0 Å². The lowest BCUT2D eigenvalue weighted by molar-refractivity contribution is 0.853. The fraction of sp³-hybridized carbons (Fsp3) is 0.455. The molecule has 0 aromatic heterocycles. The largest absolute Gasteiger partial charge is 0.134 e. The summed E-state index contributed by atoms with van der Waals surface area (Å²) in [4.78, 5) is 0. The summed E-state index contributed by atoms with van der Waals surface area (Å²) < 4.78 is 0. The minimum Gasteiger partial charge on any atom is -0.0863 e. The lowest BCUT2D eigenvalue weighted by atomic mass is 9.49. The molecule has 1 heteroatoms. The van der Waals surface area contributed by atoms with Crippen molar-refractivity contribution < 1.29 is 0 Å². The van der Waals surface area contributed by atoms with Crippen LogP contribution >= 0.6 is 0 Å². The Morgan fingerprint density at radius 3 is 2.25 bits per heavy atom. The first-order valence-corrected chi connectivity index (χ1v) is 4.75. The van der Waals surface area contributed by atoms with Crippen LogP contribution in [0.2, 0.25) is 20.0 Å². The van der Waals surface area contributed by atoms with Crippen molar-refractivity contribution in [1.29, 1.82) is 0 Å². The highest BCUT2D eigenvalue weighted by atomic mass is 14.0. The zero-order chi connectivity index (χ0) is 8.97. The standard InChI is InChI=1S/C11H17B/c1-10(9-12(2)3)11-7-5-4-6-8-11/h4-8,10H,9H2,1-3H3. The second-order valence-corrected chi connectivity index (χ2v) is 3.94. The summed E-state index contributed by atoms with van der Waals surface area (Å²) in [5, 5.41) is 0. The van der Waals surface area contributed by atoms with Crippen LogP contribution in [0, 0.1) is 0 Å². The predicted molar refractivity (Wildman–Crippen MR) is 57.1 cm³/mol. The number of hydrogen-bond donors (Lipinski definition) is 0. The summed E-state index contributed by atoms with van der Waals surface area (Å²) in [6, 6.07) is 10.7. The molecule has 0 heterocycles. The van der Waals surface area contributed by atoms with Crippen molar-refractivity contribution >= 4 is 6.71 Å². The molecule has 0 aliphatic rings. The first kappa shape index (κ1) is 9.37. The molecule has 1 aromatic rings. The van der Waals surface area contributed by atoms with Gasteiger partial charge in [0.1, 0.15) is 6.71 Å². The molecule has 0 amide bonds. The first-order chi connectivity index (χ1) is 5.70. The zero-order valence-electron chi connectivity index (χ0n) is 8.25. The van der Waals surface area contributed by atoms with Crippen LogP contribution in [0.4, 0.5) is 0 Å². The molecule has 0 bridgehead atoms. The third-order valence-electron chi connectivity index (χ3n) is 2.19. The Bertz CT molecular complexity index is 216. The van der Waals surface area contributed by atoms with Crippen LogP contribution < -0.4 is 0 Å². The van der Waals surface area contributed by atoms with Crippen LogP contribution in [0.25, 0.3) is 0 Å². The molecule has 12 heavy (non-hydrogen) atoms. The van der Waals surface area contributed by atoms with E-state index < -0.39 is 0 Å². The topological polar surface area (TPSA) is 0 Å². The van der Waals surface area contributed by atoms with Gasteiger partial charge in [0.2, 0.25) is 0 Å². The molecule has 0 nitrogen and oxygen atoms in total. The molecule has 1 rings (SSSR count). The molecular weight excluding hydrogens is 143 g/mol. The van der Waals surface area contributed by atoms with Crippen molar-refractivity contribution in [2.24, 2.45) is 0 Å². The van der Waals surface area contributed by atoms with E-state index in [-0.39, 0.29) is 0 Å². The van der Waals surface area contributed by atoms with Crippen molar-refractivity contribution in [2.45, 2.75) is 32.8 Å². The summed E-state index contributed by atoms with van der Waals surface area (Å²) in [6.45, 7) is 7.65. The van der Waals surface area contributed by atoms with Gasteiger partial charge >= 0.3 is 0 Å². The third-order valence-corrected chi connectivity index (χ3v) is 2.19. The minimum atomic E-state index is 0.700. The molecule has 0 radical (unpaired) electrons. The van der Waals surface area contributed by atoms with Gasteiger partial charge in [0.25, 0.3) is 0 Å². The molecular formula is C11H17B. The van der Waals surface area contributed by atoms with E-state index in [0.717, 1.165) is 6.71 Å². The smallest absolute Gasteiger partial charge is 0.0863 e. The van der Waals surface area contributed by atoms with E-state index >= 15 is 0 Å². The fourth-order valence-electron chi connectivity index (χ4n) is 1.62. The number of rotatable bonds is 3. The van der Waals surface area contributed by atoms with Crippen LogP contribution in [0.3, 0.4) is 0 Å². The van der Waals surface area contributed by atoms with Crippen LogP contribution in [0.15, 0.2) is 30.3 Å². The second-order valence-electron chi connectivity index (χ2n) is 3.94. The SMILES string of the molecule is CB(C)CC(C)c1ccccc1. The van der Waals surface area contributed by atoms with E-state index in [1.165, 1.54) is 11.9 Å². The molecule has 0 N–H and O–H groups in total. The number of benzene rings is 1. The van der Waals surface area contributed by atoms with E-state index in [0.29, 0.717) is 5.92 Å². The summed E-state index contributed by atoms with van der Waals surface area (Å²) in [7, 11) is 0. The van der Waals surface area contributed by atoms with Crippen LogP contribution in [-0.2, 0) is 0 Å². The predicted octanol–water partition coefficient (Wildman–Crippen LogP) is 3.54. The van der Waals surface area contributed by atoms with Crippen molar-refractivity contribution in [3.63, 3.8) is 0 Å². The summed E-state index contributed by atoms with van der Waals surface area (Å²) in [5.74, 6) is 0.700.